The lowest BCUT2D eigenvalue weighted by molar-refractivity contribution is 0.0536. The third-order valence-electron chi connectivity index (χ3n) is 4.36. The normalized spacial score (nSPS) is 14.3. The van der Waals surface area contributed by atoms with Crippen LogP contribution in [0, 0.1) is 0 Å². The van der Waals surface area contributed by atoms with Crippen LogP contribution in [0.5, 0.6) is 5.75 Å². The quantitative estimate of drug-likeness (QED) is 0.866. The third kappa shape index (κ3) is 3.57. The first kappa shape index (κ1) is 16.8. The molecule has 6 nitrogen and oxygen atoms in total. The molecule has 0 saturated carbocycles. The number of ether oxygens (including phenoxy) is 1. The van der Waals surface area contributed by atoms with Gasteiger partial charge in [0.15, 0.2) is 0 Å². The molecule has 25 heavy (non-hydrogen) atoms. The molecule has 2 aromatic rings. The Morgan fingerprint density at radius 2 is 1.56 bits per heavy atom. The Labute approximate surface area is 146 Å². The van der Waals surface area contributed by atoms with E-state index in [9.17, 15) is 9.59 Å². The van der Waals surface area contributed by atoms with Gasteiger partial charge in [-0.25, -0.2) is 0 Å². The highest BCUT2D eigenvalue weighted by Gasteiger charge is 2.26. The van der Waals surface area contributed by atoms with Crippen molar-refractivity contribution in [1.29, 1.82) is 0 Å². The van der Waals surface area contributed by atoms with Gasteiger partial charge >= 0.3 is 0 Å². The van der Waals surface area contributed by atoms with Crippen molar-refractivity contribution in [2.24, 2.45) is 0 Å². The van der Waals surface area contributed by atoms with Crippen molar-refractivity contribution >= 4 is 17.5 Å². The van der Waals surface area contributed by atoms with E-state index >= 15 is 0 Å². The first-order valence-corrected chi connectivity index (χ1v) is 8.17. The number of nitrogens with zero attached hydrogens (tertiary/aromatic N) is 2. The van der Waals surface area contributed by atoms with Gasteiger partial charge in [-0.3, -0.25) is 9.59 Å². The maximum absolute atomic E-state index is 12.6. The standard InChI is InChI=1S/C19H21N3O3/c1-25-15-6-4-5-14(13-15)18(23)21-9-11-22(12-10-21)19(24)16-7-2-3-8-17(16)20/h2-8,13H,9-12,20H2,1H3. The van der Waals surface area contributed by atoms with Crippen molar-refractivity contribution in [3.05, 3.63) is 59.7 Å². The highest BCUT2D eigenvalue weighted by molar-refractivity contribution is 5.99. The summed E-state index contributed by atoms with van der Waals surface area (Å²) < 4.78 is 5.17. The highest BCUT2D eigenvalue weighted by Crippen LogP contribution is 2.18. The monoisotopic (exact) mass is 339 g/mol. The Kier molecular flexibility index (Phi) is 4.88. The second-order valence-electron chi connectivity index (χ2n) is 5.90. The summed E-state index contributed by atoms with van der Waals surface area (Å²) in [6, 6.07) is 14.1. The first-order valence-electron chi connectivity index (χ1n) is 8.17. The number of rotatable bonds is 3. The Balaban J connectivity index is 1.64. The van der Waals surface area contributed by atoms with Crippen molar-refractivity contribution in [3.63, 3.8) is 0 Å². The maximum Gasteiger partial charge on any atom is 0.256 e. The molecule has 0 unspecified atom stereocenters. The summed E-state index contributed by atoms with van der Waals surface area (Å²) in [4.78, 5) is 28.7. The van der Waals surface area contributed by atoms with E-state index in [1.54, 1.807) is 65.4 Å². The molecule has 0 bridgehead atoms. The van der Waals surface area contributed by atoms with Gasteiger partial charge in [-0.05, 0) is 30.3 Å². The van der Waals surface area contributed by atoms with Crippen LogP contribution in [0.4, 0.5) is 5.69 Å². The van der Waals surface area contributed by atoms with Crippen molar-refractivity contribution < 1.29 is 14.3 Å². The molecule has 2 aromatic carbocycles. The molecule has 0 aromatic heterocycles. The minimum atomic E-state index is -0.0911. The van der Waals surface area contributed by atoms with Gasteiger partial charge in [0.05, 0.1) is 12.7 Å². The average Bonchev–Trinajstić information content (AvgIpc) is 2.67. The van der Waals surface area contributed by atoms with Crippen molar-refractivity contribution in [2.75, 3.05) is 39.0 Å². The number of nitrogen functional groups attached to an aromatic ring is 1. The Hall–Kier alpha value is -3.02. The molecule has 1 heterocycles. The van der Waals surface area contributed by atoms with Gasteiger partial charge in [-0.2, -0.15) is 0 Å². The van der Waals surface area contributed by atoms with E-state index in [0.717, 1.165) is 0 Å². The summed E-state index contributed by atoms with van der Waals surface area (Å²) in [5.41, 5.74) is 7.46. The molecule has 1 aliphatic rings. The Morgan fingerprint density at radius 1 is 0.920 bits per heavy atom. The molecule has 0 aliphatic carbocycles. The van der Waals surface area contributed by atoms with Crippen LogP contribution in [-0.2, 0) is 0 Å². The molecule has 0 radical (unpaired) electrons. The largest absolute Gasteiger partial charge is 0.497 e. The SMILES string of the molecule is COc1cccc(C(=O)N2CCN(C(=O)c3ccccc3N)CC2)c1. The number of nitrogens with two attached hydrogens (primary N) is 1. The first-order chi connectivity index (χ1) is 12.1. The van der Waals surface area contributed by atoms with Crippen LogP contribution < -0.4 is 10.5 Å². The molecule has 0 atom stereocenters. The molecule has 1 fully saturated rings. The molecule has 1 aliphatic heterocycles. The number of benzene rings is 2. The molecule has 2 N–H and O–H groups in total. The van der Waals surface area contributed by atoms with E-state index in [4.69, 9.17) is 10.5 Å². The molecule has 0 spiro atoms. The number of methoxy groups -OCH3 is 1. The summed E-state index contributed by atoms with van der Waals surface area (Å²) in [5, 5.41) is 0. The Morgan fingerprint density at radius 3 is 2.20 bits per heavy atom. The van der Waals surface area contributed by atoms with Crippen LogP contribution >= 0.6 is 0 Å². The summed E-state index contributed by atoms with van der Waals surface area (Å²) in [7, 11) is 1.57. The van der Waals surface area contributed by atoms with E-state index in [1.807, 2.05) is 0 Å². The van der Waals surface area contributed by atoms with Crippen molar-refractivity contribution in [1.82, 2.24) is 9.80 Å². The number of anilines is 1. The fourth-order valence-electron chi connectivity index (χ4n) is 2.91. The van der Waals surface area contributed by atoms with Crippen LogP contribution in [0.2, 0.25) is 0 Å². The molecule has 1 saturated heterocycles. The summed E-state index contributed by atoms with van der Waals surface area (Å²) >= 11 is 0. The smallest absolute Gasteiger partial charge is 0.256 e. The fraction of sp³-hybridized carbons (Fsp3) is 0.263. The van der Waals surface area contributed by atoms with E-state index in [-0.39, 0.29) is 11.8 Å². The zero-order valence-corrected chi connectivity index (χ0v) is 14.1. The molecule has 6 heteroatoms. The second kappa shape index (κ2) is 7.25. The number of carbonyl (C=O) groups is 2. The predicted octanol–water partition coefficient (Wildman–Crippen LogP) is 1.88. The van der Waals surface area contributed by atoms with Gasteiger partial charge in [0.1, 0.15) is 5.75 Å². The summed E-state index contributed by atoms with van der Waals surface area (Å²) in [5.74, 6) is 0.510. The van der Waals surface area contributed by atoms with Gasteiger partial charge in [0.2, 0.25) is 0 Å². The van der Waals surface area contributed by atoms with Gasteiger partial charge in [0.25, 0.3) is 11.8 Å². The third-order valence-corrected chi connectivity index (χ3v) is 4.36. The van der Waals surface area contributed by atoms with E-state index < -0.39 is 0 Å². The topological polar surface area (TPSA) is 75.9 Å². The van der Waals surface area contributed by atoms with E-state index in [0.29, 0.717) is 48.7 Å². The molecule has 130 valence electrons. The lowest BCUT2D eigenvalue weighted by Gasteiger charge is -2.35. The molecule has 3 rings (SSSR count). The van der Waals surface area contributed by atoms with Crippen LogP contribution in [0.3, 0.4) is 0 Å². The highest BCUT2D eigenvalue weighted by atomic mass is 16.5. The number of hydrogen-bond acceptors (Lipinski definition) is 4. The molecular weight excluding hydrogens is 318 g/mol. The lowest BCUT2D eigenvalue weighted by atomic mass is 10.1. The number of carbonyl (C=O) groups excluding carboxylic acids is 2. The van der Waals surface area contributed by atoms with Gasteiger partial charge < -0.3 is 20.3 Å². The number of amides is 2. The van der Waals surface area contributed by atoms with Crippen molar-refractivity contribution in [3.8, 4) is 5.75 Å². The summed E-state index contributed by atoms with van der Waals surface area (Å²) in [6.07, 6.45) is 0. The number of para-hydroxylation sites is 1. The van der Waals surface area contributed by atoms with E-state index in [2.05, 4.69) is 0 Å². The number of piperazine rings is 1. The Bertz CT molecular complexity index is 783. The van der Waals surface area contributed by atoms with Gasteiger partial charge in [-0.1, -0.05) is 18.2 Å². The van der Waals surface area contributed by atoms with Crippen molar-refractivity contribution in [2.45, 2.75) is 0 Å². The average molecular weight is 339 g/mol. The zero-order valence-electron chi connectivity index (χ0n) is 14.1. The van der Waals surface area contributed by atoms with Crippen LogP contribution in [0.25, 0.3) is 0 Å². The zero-order chi connectivity index (χ0) is 17.8. The minimum Gasteiger partial charge on any atom is -0.497 e. The molecule has 2 amide bonds. The van der Waals surface area contributed by atoms with Crippen LogP contribution in [0.15, 0.2) is 48.5 Å². The predicted molar refractivity (Wildman–Crippen MR) is 95.7 cm³/mol. The van der Waals surface area contributed by atoms with Gasteiger partial charge in [-0.15, -0.1) is 0 Å². The van der Waals surface area contributed by atoms with E-state index in [1.165, 1.54) is 0 Å². The maximum atomic E-state index is 12.6. The summed E-state index contributed by atoms with van der Waals surface area (Å²) in [6.45, 7) is 1.97. The lowest BCUT2D eigenvalue weighted by Crippen LogP contribution is -2.50. The number of hydrogen-bond donors (Lipinski definition) is 1. The van der Waals surface area contributed by atoms with Gasteiger partial charge in [0, 0.05) is 37.4 Å². The molecular formula is C19H21N3O3. The second-order valence-corrected chi connectivity index (χ2v) is 5.90. The van der Waals surface area contributed by atoms with Crippen LogP contribution in [0.1, 0.15) is 20.7 Å². The fourth-order valence-corrected chi connectivity index (χ4v) is 2.91. The van der Waals surface area contributed by atoms with Crippen LogP contribution in [-0.4, -0.2) is 54.9 Å². The minimum absolute atomic E-state index is 0.0507.